The van der Waals surface area contributed by atoms with Crippen molar-refractivity contribution in [2.45, 2.75) is 77.7 Å². The van der Waals surface area contributed by atoms with Crippen molar-refractivity contribution >= 4 is 18.4 Å². The maximum atomic E-state index is 11.7. The highest BCUT2D eigenvalue weighted by Crippen LogP contribution is 2.30. The van der Waals surface area contributed by atoms with E-state index in [4.69, 9.17) is 4.74 Å². The van der Waals surface area contributed by atoms with Crippen molar-refractivity contribution in [3.63, 3.8) is 0 Å². The fraction of sp³-hybridized carbons (Fsp3) is 0.778. The summed E-state index contributed by atoms with van der Waals surface area (Å²) in [4.78, 5) is 14.2. The number of aryl methyl sites for hydroxylation is 1. The molecule has 1 N–H and O–H groups in total. The molecule has 0 radical (unpaired) electrons. The van der Waals surface area contributed by atoms with E-state index in [1.54, 1.807) is 4.68 Å². The first-order chi connectivity index (χ1) is 11.5. The van der Waals surface area contributed by atoms with E-state index in [-0.39, 0.29) is 24.9 Å². The first kappa shape index (κ1) is 20.2. The summed E-state index contributed by atoms with van der Waals surface area (Å²) in [6.45, 7) is 7.40. The minimum Gasteiger partial charge on any atom is -0.465 e. The average Bonchev–Trinajstić information content (AvgIpc) is 3.00. The Balaban J connectivity index is 0.00000225. The van der Waals surface area contributed by atoms with Crippen LogP contribution < -0.4 is 5.32 Å². The summed E-state index contributed by atoms with van der Waals surface area (Å²) in [6.07, 6.45) is 5.12. The van der Waals surface area contributed by atoms with Crippen molar-refractivity contribution in [1.29, 1.82) is 0 Å². The quantitative estimate of drug-likeness (QED) is 0.778. The number of halogens is 1. The molecule has 2 aliphatic heterocycles. The van der Waals surface area contributed by atoms with Crippen LogP contribution in [0.4, 0.5) is 0 Å². The summed E-state index contributed by atoms with van der Waals surface area (Å²) >= 11 is 0. The molecule has 7 heteroatoms. The lowest BCUT2D eigenvalue weighted by Gasteiger charge is -2.35. The number of fused-ring (bicyclic) bond motifs is 2. The van der Waals surface area contributed by atoms with Gasteiger partial charge < -0.3 is 10.1 Å². The van der Waals surface area contributed by atoms with Gasteiger partial charge in [-0.15, -0.1) is 12.4 Å². The largest absolute Gasteiger partial charge is 0.465 e. The molecule has 2 aliphatic rings. The zero-order chi connectivity index (χ0) is 17.3. The van der Waals surface area contributed by atoms with E-state index in [1.807, 2.05) is 13.8 Å². The first-order valence-electron chi connectivity index (χ1n) is 9.12. The van der Waals surface area contributed by atoms with Gasteiger partial charge in [-0.25, -0.2) is 0 Å². The van der Waals surface area contributed by atoms with Crippen LogP contribution in [0.5, 0.6) is 0 Å². The summed E-state index contributed by atoms with van der Waals surface area (Å²) < 4.78 is 6.82. The standard InChI is InChI=1S/C18H30N4O2.ClH/c1-5-24-18(23)11-22-13(3)17(12(2)20-22)10-21(4)16-8-14-6-7-15(9-16)19-14;/h14-16,19H,5-11H2,1-4H3;1H. The molecule has 1 aromatic rings. The molecule has 0 aromatic carbocycles. The lowest BCUT2D eigenvalue weighted by Crippen LogP contribution is -2.46. The van der Waals surface area contributed by atoms with Crippen LogP contribution in [-0.4, -0.2) is 52.4 Å². The molecule has 142 valence electrons. The summed E-state index contributed by atoms with van der Waals surface area (Å²) in [6, 6.07) is 2.03. The van der Waals surface area contributed by atoms with Gasteiger partial charge in [0, 0.05) is 35.9 Å². The molecule has 2 atom stereocenters. The Hall–Kier alpha value is -1.11. The van der Waals surface area contributed by atoms with E-state index in [0.29, 0.717) is 24.7 Å². The molecular formula is C18H31ClN4O2. The number of carbonyl (C=O) groups is 1. The molecule has 2 saturated heterocycles. The topological polar surface area (TPSA) is 59.4 Å². The third kappa shape index (κ3) is 4.54. The van der Waals surface area contributed by atoms with E-state index in [0.717, 1.165) is 17.9 Å². The normalized spacial score (nSPS) is 25.1. The summed E-state index contributed by atoms with van der Waals surface area (Å²) in [5.41, 5.74) is 3.33. The van der Waals surface area contributed by atoms with Crippen molar-refractivity contribution in [3.05, 3.63) is 17.0 Å². The van der Waals surface area contributed by atoms with Crippen LogP contribution >= 0.6 is 12.4 Å². The number of ether oxygens (including phenoxy) is 1. The number of carbonyl (C=O) groups excluding carboxylic acids is 1. The Morgan fingerprint density at radius 2 is 1.96 bits per heavy atom. The molecular weight excluding hydrogens is 340 g/mol. The van der Waals surface area contributed by atoms with E-state index in [1.165, 1.54) is 31.2 Å². The van der Waals surface area contributed by atoms with E-state index < -0.39 is 0 Å². The van der Waals surface area contributed by atoms with Crippen LogP contribution in [0.3, 0.4) is 0 Å². The lowest BCUT2D eigenvalue weighted by molar-refractivity contribution is -0.144. The van der Waals surface area contributed by atoms with Gasteiger partial charge in [-0.1, -0.05) is 0 Å². The number of esters is 1. The second-order valence-electron chi connectivity index (χ2n) is 7.29. The SMILES string of the molecule is CCOC(=O)Cn1nc(C)c(CN(C)C2CC3CCC(C2)N3)c1C.Cl. The fourth-order valence-electron chi connectivity index (χ4n) is 4.21. The third-order valence-electron chi connectivity index (χ3n) is 5.59. The van der Waals surface area contributed by atoms with E-state index in [9.17, 15) is 4.79 Å². The molecule has 2 fully saturated rings. The van der Waals surface area contributed by atoms with Crippen LogP contribution in [0.15, 0.2) is 0 Å². The number of rotatable bonds is 6. The van der Waals surface area contributed by atoms with Crippen molar-refractivity contribution < 1.29 is 9.53 Å². The van der Waals surface area contributed by atoms with Gasteiger partial charge in [-0.3, -0.25) is 14.4 Å². The first-order valence-corrected chi connectivity index (χ1v) is 9.12. The van der Waals surface area contributed by atoms with Gasteiger partial charge in [0.05, 0.1) is 12.3 Å². The molecule has 2 bridgehead atoms. The highest BCUT2D eigenvalue weighted by atomic mass is 35.5. The molecule has 0 aliphatic carbocycles. The summed E-state index contributed by atoms with van der Waals surface area (Å²) in [5, 5.41) is 8.25. The van der Waals surface area contributed by atoms with Gasteiger partial charge in [-0.2, -0.15) is 5.10 Å². The second kappa shape index (κ2) is 8.52. The number of hydrogen-bond acceptors (Lipinski definition) is 5. The van der Waals surface area contributed by atoms with Gasteiger partial charge >= 0.3 is 5.97 Å². The predicted octanol–water partition coefficient (Wildman–Crippen LogP) is 2.20. The molecule has 3 rings (SSSR count). The van der Waals surface area contributed by atoms with Gasteiger partial charge in [0.2, 0.25) is 0 Å². The number of nitrogens with zero attached hydrogens (tertiary/aromatic N) is 3. The molecule has 25 heavy (non-hydrogen) atoms. The number of aromatic nitrogens is 2. The Kier molecular flexibility index (Phi) is 6.88. The fourth-order valence-corrected chi connectivity index (χ4v) is 4.21. The number of hydrogen-bond donors (Lipinski definition) is 1. The summed E-state index contributed by atoms with van der Waals surface area (Å²) in [7, 11) is 2.22. The van der Waals surface area contributed by atoms with Gasteiger partial charge in [0.15, 0.2) is 0 Å². The maximum absolute atomic E-state index is 11.7. The summed E-state index contributed by atoms with van der Waals surface area (Å²) in [5.74, 6) is -0.224. The Morgan fingerprint density at radius 1 is 1.32 bits per heavy atom. The van der Waals surface area contributed by atoms with Crippen molar-refractivity contribution in [1.82, 2.24) is 20.0 Å². The minimum atomic E-state index is -0.224. The monoisotopic (exact) mass is 370 g/mol. The maximum Gasteiger partial charge on any atom is 0.327 e. The average molecular weight is 371 g/mol. The minimum absolute atomic E-state index is 0. The molecule has 0 amide bonds. The van der Waals surface area contributed by atoms with Crippen LogP contribution in [0.25, 0.3) is 0 Å². The van der Waals surface area contributed by atoms with Crippen molar-refractivity contribution in [2.75, 3.05) is 13.7 Å². The molecule has 0 spiro atoms. The molecule has 2 unspecified atom stereocenters. The smallest absolute Gasteiger partial charge is 0.327 e. The van der Waals surface area contributed by atoms with E-state index in [2.05, 4.69) is 29.3 Å². The third-order valence-corrected chi connectivity index (χ3v) is 5.59. The van der Waals surface area contributed by atoms with Gasteiger partial charge in [0.1, 0.15) is 6.54 Å². The highest BCUT2D eigenvalue weighted by molar-refractivity contribution is 5.85. The van der Waals surface area contributed by atoms with Gasteiger partial charge in [-0.05, 0) is 53.5 Å². The van der Waals surface area contributed by atoms with Crippen LogP contribution in [-0.2, 0) is 22.6 Å². The zero-order valence-electron chi connectivity index (χ0n) is 15.7. The Labute approximate surface area is 156 Å². The molecule has 1 aromatic heterocycles. The van der Waals surface area contributed by atoms with Crippen molar-refractivity contribution in [2.24, 2.45) is 0 Å². The molecule has 3 heterocycles. The zero-order valence-corrected chi connectivity index (χ0v) is 16.6. The molecule has 6 nitrogen and oxygen atoms in total. The molecule has 0 saturated carbocycles. The number of piperidine rings is 1. The second-order valence-corrected chi connectivity index (χ2v) is 7.29. The van der Waals surface area contributed by atoms with Gasteiger partial charge in [0.25, 0.3) is 0 Å². The Bertz CT molecular complexity index is 592. The van der Waals surface area contributed by atoms with Crippen LogP contribution in [0, 0.1) is 13.8 Å². The van der Waals surface area contributed by atoms with E-state index >= 15 is 0 Å². The van der Waals surface area contributed by atoms with Crippen LogP contribution in [0.2, 0.25) is 0 Å². The van der Waals surface area contributed by atoms with Crippen molar-refractivity contribution in [3.8, 4) is 0 Å². The van der Waals surface area contributed by atoms with Crippen LogP contribution in [0.1, 0.15) is 49.6 Å². The number of nitrogens with one attached hydrogen (secondary N) is 1. The lowest BCUT2D eigenvalue weighted by atomic mass is 9.98. The predicted molar refractivity (Wildman–Crippen MR) is 100 cm³/mol. The highest BCUT2D eigenvalue weighted by Gasteiger charge is 2.35. The Morgan fingerprint density at radius 3 is 2.56 bits per heavy atom.